The SMILES string of the molecule is CCCNc1cc(NCc2ccccc2OC)nc(C)n1. The molecular formula is C16H22N4O. The van der Waals surface area contributed by atoms with E-state index < -0.39 is 0 Å². The number of aryl methyl sites for hydroxylation is 1. The Morgan fingerprint density at radius 2 is 1.81 bits per heavy atom. The minimum Gasteiger partial charge on any atom is -0.496 e. The second-order valence-electron chi connectivity index (χ2n) is 4.78. The second kappa shape index (κ2) is 7.47. The normalized spacial score (nSPS) is 10.2. The lowest BCUT2D eigenvalue weighted by Crippen LogP contribution is -2.08. The molecule has 0 radical (unpaired) electrons. The van der Waals surface area contributed by atoms with Crippen molar-refractivity contribution in [1.82, 2.24) is 9.97 Å². The van der Waals surface area contributed by atoms with Crippen molar-refractivity contribution >= 4 is 11.6 Å². The molecule has 5 nitrogen and oxygen atoms in total. The van der Waals surface area contributed by atoms with Crippen LogP contribution in [0.25, 0.3) is 0 Å². The van der Waals surface area contributed by atoms with Crippen molar-refractivity contribution in [3.05, 3.63) is 41.7 Å². The molecule has 0 saturated carbocycles. The van der Waals surface area contributed by atoms with Gasteiger partial charge in [0.2, 0.25) is 0 Å². The van der Waals surface area contributed by atoms with E-state index in [4.69, 9.17) is 4.74 Å². The largest absolute Gasteiger partial charge is 0.496 e. The summed E-state index contributed by atoms with van der Waals surface area (Å²) in [5.41, 5.74) is 1.10. The second-order valence-corrected chi connectivity index (χ2v) is 4.78. The first-order chi connectivity index (χ1) is 10.2. The van der Waals surface area contributed by atoms with Gasteiger partial charge in [0.05, 0.1) is 7.11 Å². The molecule has 0 aliphatic carbocycles. The standard InChI is InChI=1S/C16H22N4O/c1-4-9-17-15-10-16(20-12(2)19-15)18-11-13-7-5-6-8-14(13)21-3/h5-8,10H,4,9,11H2,1-3H3,(H2,17,18,19,20). The van der Waals surface area contributed by atoms with E-state index in [9.17, 15) is 0 Å². The monoisotopic (exact) mass is 286 g/mol. The van der Waals surface area contributed by atoms with Crippen LogP contribution in [0.3, 0.4) is 0 Å². The van der Waals surface area contributed by atoms with Gasteiger partial charge in [-0.1, -0.05) is 25.1 Å². The minimum absolute atomic E-state index is 0.660. The van der Waals surface area contributed by atoms with Gasteiger partial charge in [-0.15, -0.1) is 0 Å². The van der Waals surface area contributed by atoms with Crippen LogP contribution in [0.5, 0.6) is 5.75 Å². The Morgan fingerprint density at radius 1 is 1.10 bits per heavy atom. The number of methoxy groups -OCH3 is 1. The summed E-state index contributed by atoms with van der Waals surface area (Å²) in [6.45, 7) is 5.59. The van der Waals surface area contributed by atoms with Gasteiger partial charge in [-0.3, -0.25) is 0 Å². The van der Waals surface area contributed by atoms with Crippen molar-refractivity contribution < 1.29 is 4.74 Å². The van der Waals surface area contributed by atoms with Crippen molar-refractivity contribution in [2.24, 2.45) is 0 Å². The lowest BCUT2D eigenvalue weighted by Gasteiger charge is -2.11. The molecule has 21 heavy (non-hydrogen) atoms. The highest BCUT2D eigenvalue weighted by Crippen LogP contribution is 2.19. The Labute approximate surface area is 125 Å². The summed E-state index contributed by atoms with van der Waals surface area (Å²) in [6.07, 6.45) is 1.06. The van der Waals surface area contributed by atoms with E-state index in [0.717, 1.165) is 41.7 Å². The molecule has 0 aliphatic rings. The molecule has 2 rings (SSSR count). The number of nitrogens with zero attached hydrogens (tertiary/aromatic N) is 2. The molecule has 1 aromatic heterocycles. The van der Waals surface area contributed by atoms with Crippen LogP contribution in [0.4, 0.5) is 11.6 Å². The van der Waals surface area contributed by atoms with Crippen molar-refractivity contribution in [2.45, 2.75) is 26.8 Å². The number of aromatic nitrogens is 2. The van der Waals surface area contributed by atoms with E-state index in [1.165, 1.54) is 0 Å². The number of anilines is 2. The number of rotatable bonds is 7. The van der Waals surface area contributed by atoms with Crippen molar-refractivity contribution in [3.8, 4) is 5.75 Å². The topological polar surface area (TPSA) is 59.1 Å². The molecule has 0 aliphatic heterocycles. The summed E-state index contributed by atoms with van der Waals surface area (Å²) in [5.74, 6) is 3.29. The fourth-order valence-electron chi connectivity index (χ4n) is 2.04. The molecule has 1 aromatic carbocycles. The van der Waals surface area contributed by atoms with Crippen LogP contribution in [-0.4, -0.2) is 23.6 Å². The van der Waals surface area contributed by atoms with Crippen LogP contribution in [0.2, 0.25) is 0 Å². The van der Waals surface area contributed by atoms with E-state index in [1.807, 2.05) is 37.3 Å². The summed E-state index contributed by atoms with van der Waals surface area (Å²) < 4.78 is 5.35. The number of hydrogen-bond acceptors (Lipinski definition) is 5. The number of nitrogens with one attached hydrogen (secondary N) is 2. The molecule has 0 fully saturated rings. The number of para-hydroxylation sites is 1. The molecule has 0 bridgehead atoms. The first-order valence-electron chi connectivity index (χ1n) is 7.18. The van der Waals surface area contributed by atoms with Gasteiger partial charge in [-0.2, -0.15) is 0 Å². The van der Waals surface area contributed by atoms with Gasteiger partial charge in [-0.25, -0.2) is 9.97 Å². The minimum atomic E-state index is 0.660. The highest BCUT2D eigenvalue weighted by Gasteiger charge is 2.04. The molecule has 0 spiro atoms. The molecule has 2 aromatic rings. The van der Waals surface area contributed by atoms with Crippen LogP contribution >= 0.6 is 0 Å². The molecule has 0 unspecified atom stereocenters. The predicted octanol–water partition coefficient (Wildman–Crippen LogP) is 3.23. The fourth-order valence-corrected chi connectivity index (χ4v) is 2.04. The Hall–Kier alpha value is -2.30. The lowest BCUT2D eigenvalue weighted by atomic mass is 10.2. The predicted molar refractivity (Wildman–Crippen MR) is 85.9 cm³/mol. The van der Waals surface area contributed by atoms with Gasteiger partial charge < -0.3 is 15.4 Å². The summed E-state index contributed by atoms with van der Waals surface area (Å²) in [6, 6.07) is 9.88. The van der Waals surface area contributed by atoms with E-state index in [1.54, 1.807) is 7.11 Å². The van der Waals surface area contributed by atoms with Crippen molar-refractivity contribution in [3.63, 3.8) is 0 Å². The van der Waals surface area contributed by atoms with Crippen LogP contribution in [0.1, 0.15) is 24.7 Å². The highest BCUT2D eigenvalue weighted by atomic mass is 16.5. The Morgan fingerprint density at radius 3 is 2.52 bits per heavy atom. The molecule has 0 atom stereocenters. The van der Waals surface area contributed by atoms with E-state index in [2.05, 4.69) is 27.5 Å². The molecule has 1 heterocycles. The number of hydrogen-bond donors (Lipinski definition) is 2. The maximum Gasteiger partial charge on any atom is 0.132 e. The van der Waals surface area contributed by atoms with Gasteiger partial charge in [0.15, 0.2) is 0 Å². The van der Waals surface area contributed by atoms with Gasteiger partial charge >= 0.3 is 0 Å². The fraction of sp³-hybridized carbons (Fsp3) is 0.375. The summed E-state index contributed by atoms with van der Waals surface area (Å²) in [5, 5.41) is 6.60. The van der Waals surface area contributed by atoms with Crippen LogP contribution in [0, 0.1) is 6.92 Å². The van der Waals surface area contributed by atoms with E-state index >= 15 is 0 Å². The highest BCUT2D eigenvalue weighted by molar-refractivity contribution is 5.48. The molecular weight excluding hydrogens is 264 g/mol. The Balaban J connectivity index is 2.07. The molecule has 5 heteroatoms. The zero-order valence-corrected chi connectivity index (χ0v) is 12.8. The zero-order chi connectivity index (χ0) is 15.1. The average Bonchev–Trinajstić information content (AvgIpc) is 2.50. The first kappa shape index (κ1) is 15.1. The third-order valence-electron chi connectivity index (χ3n) is 3.05. The first-order valence-corrected chi connectivity index (χ1v) is 7.18. The number of benzene rings is 1. The smallest absolute Gasteiger partial charge is 0.132 e. The van der Waals surface area contributed by atoms with Gasteiger partial charge in [0, 0.05) is 24.7 Å². The van der Waals surface area contributed by atoms with Gasteiger partial charge in [0.1, 0.15) is 23.2 Å². The van der Waals surface area contributed by atoms with E-state index in [-0.39, 0.29) is 0 Å². The summed E-state index contributed by atoms with van der Waals surface area (Å²) in [7, 11) is 1.68. The van der Waals surface area contributed by atoms with Gasteiger partial charge in [-0.05, 0) is 19.4 Å². The Bertz CT molecular complexity index is 586. The molecule has 0 amide bonds. The van der Waals surface area contributed by atoms with E-state index in [0.29, 0.717) is 6.54 Å². The molecule has 0 saturated heterocycles. The van der Waals surface area contributed by atoms with Crippen molar-refractivity contribution in [1.29, 1.82) is 0 Å². The zero-order valence-electron chi connectivity index (χ0n) is 12.8. The number of ether oxygens (including phenoxy) is 1. The van der Waals surface area contributed by atoms with Crippen molar-refractivity contribution in [2.75, 3.05) is 24.3 Å². The van der Waals surface area contributed by atoms with Crippen LogP contribution < -0.4 is 15.4 Å². The molecule has 2 N–H and O–H groups in total. The third-order valence-corrected chi connectivity index (χ3v) is 3.05. The maximum atomic E-state index is 5.35. The quantitative estimate of drug-likeness (QED) is 0.818. The summed E-state index contributed by atoms with van der Waals surface area (Å²) in [4.78, 5) is 8.78. The lowest BCUT2D eigenvalue weighted by molar-refractivity contribution is 0.410. The molecule has 112 valence electrons. The van der Waals surface area contributed by atoms with Crippen LogP contribution in [-0.2, 0) is 6.54 Å². The Kier molecular flexibility index (Phi) is 5.37. The maximum absolute atomic E-state index is 5.35. The summed E-state index contributed by atoms with van der Waals surface area (Å²) >= 11 is 0. The van der Waals surface area contributed by atoms with Crippen LogP contribution in [0.15, 0.2) is 30.3 Å². The third kappa shape index (κ3) is 4.34. The van der Waals surface area contributed by atoms with Gasteiger partial charge in [0.25, 0.3) is 0 Å². The average molecular weight is 286 g/mol.